The number of aryl methyl sites for hydroxylation is 1. The molecule has 5 heteroatoms. The molecule has 0 amide bonds. The van der Waals surface area contributed by atoms with E-state index in [-0.39, 0.29) is 6.04 Å². The topological polar surface area (TPSA) is 42.7 Å². The van der Waals surface area contributed by atoms with Gasteiger partial charge in [-0.1, -0.05) is 5.21 Å². The number of hydrogen-bond donors (Lipinski definition) is 1. The Morgan fingerprint density at radius 2 is 2.62 bits per heavy atom. The summed E-state index contributed by atoms with van der Waals surface area (Å²) in [6, 6.07) is -0.0581. The summed E-state index contributed by atoms with van der Waals surface area (Å²) >= 11 is 0. The number of aromatic nitrogens is 3. The molecule has 0 spiro atoms. The molecule has 13 heavy (non-hydrogen) atoms. The maximum absolute atomic E-state index is 13.8. The van der Waals surface area contributed by atoms with E-state index in [1.165, 1.54) is 10.9 Å². The van der Waals surface area contributed by atoms with Crippen molar-refractivity contribution in [3.05, 3.63) is 11.9 Å². The van der Waals surface area contributed by atoms with Gasteiger partial charge in [-0.05, 0) is 19.4 Å². The smallest absolute Gasteiger partial charge is 0.158 e. The lowest BCUT2D eigenvalue weighted by atomic mass is 10.1. The van der Waals surface area contributed by atoms with Gasteiger partial charge < -0.3 is 5.32 Å². The van der Waals surface area contributed by atoms with Crippen molar-refractivity contribution in [2.24, 2.45) is 7.05 Å². The van der Waals surface area contributed by atoms with E-state index in [4.69, 9.17) is 0 Å². The van der Waals surface area contributed by atoms with Crippen LogP contribution in [0.15, 0.2) is 6.20 Å². The molecule has 1 aromatic heterocycles. The average Bonchev–Trinajstić information content (AvgIpc) is 2.72. The Labute approximate surface area is 76.1 Å². The third kappa shape index (κ3) is 1.56. The Morgan fingerprint density at radius 3 is 3.15 bits per heavy atom. The fourth-order valence-corrected chi connectivity index (χ4v) is 1.71. The third-order valence-corrected chi connectivity index (χ3v) is 2.48. The first-order valence-electron chi connectivity index (χ1n) is 4.51. The molecule has 0 aromatic carbocycles. The molecule has 1 fully saturated rings. The van der Waals surface area contributed by atoms with Gasteiger partial charge in [0.25, 0.3) is 0 Å². The number of hydrogen-bond acceptors (Lipinski definition) is 3. The molecule has 1 aliphatic rings. The molecule has 2 heterocycles. The highest BCUT2D eigenvalue weighted by atomic mass is 19.1. The minimum absolute atomic E-state index is 0.0581. The third-order valence-electron chi connectivity index (χ3n) is 2.48. The van der Waals surface area contributed by atoms with Crippen molar-refractivity contribution in [3.8, 4) is 0 Å². The second-order valence-corrected chi connectivity index (χ2v) is 3.39. The first-order chi connectivity index (χ1) is 6.29. The number of nitrogens with one attached hydrogen (secondary N) is 1. The van der Waals surface area contributed by atoms with E-state index in [1.807, 2.05) is 0 Å². The highest BCUT2D eigenvalue weighted by molar-refractivity contribution is 5.03. The zero-order chi connectivity index (χ0) is 9.26. The second kappa shape index (κ2) is 3.41. The maximum atomic E-state index is 13.8. The molecule has 0 bridgehead atoms. The molecule has 2 unspecified atom stereocenters. The summed E-state index contributed by atoms with van der Waals surface area (Å²) in [5.74, 6) is 0. The monoisotopic (exact) mass is 184 g/mol. The van der Waals surface area contributed by atoms with Gasteiger partial charge >= 0.3 is 0 Å². The molecule has 2 rings (SSSR count). The Balaban J connectivity index is 2.12. The minimum atomic E-state index is -0.984. The van der Waals surface area contributed by atoms with E-state index in [0.29, 0.717) is 5.69 Å². The number of rotatable bonds is 2. The van der Waals surface area contributed by atoms with Gasteiger partial charge in [-0.25, -0.2) is 9.07 Å². The van der Waals surface area contributed by atoms with Crippen LogP contribution in [0.3, 0.4) is 0 Å². The predicted octanol–water partition coefficient (Wildman–Crippen LogP) is 0.578. The summed E-state index contributed by atoms with van der Waals surface area (Å²) < 4.78 is 15.3. The molecule has 0 radical (unpaired) electrons. The lowest BCUT2D eigenvalue weighted by molar-refractivity contribution is 0.257. The van der Waals surface area contributed by atoms with Crippen LogP contribution in [0.5, 0.6) is 0 Å². The van der Waals surface area contributed by atoms with E-state index < -0.39 is 6.17 Å². The Morgan fingerprint density at radius 1 is 1.77 bits per heavy atom. The maximum Gasteiger partial charge on any atom is 0.158 e. The Kier molecular flexibility index (Phi) is 2.26. The highest BCUT2D eigenvalue weighted by Crippen LogP contribution is 2.25. The van der Waals surface area contributed by atoms with E-state index >= 15 is 0 Å². The van der Waals surface area contributed by atoms with Crippen LogP contribution >= 0.6 is 0 Å². The van der Waals surface area contributed by atoms with E-state index in [2.05, 4.69) is 15.6 Å². The summed E-state index contributed by atoms with van der Waals surface area (Å²) in [6.45, 7) is 0.913. The van der Waals surface area contributed by atoms with Gasteiger partial charge in [0.2, 0.25) is 0 Å². The minimum Gasteiger partial charge on any atom is -0.311 e. The van der Waals surface area contributed by atoms with Gasteiger partial charge in [0.05, 0.1) is 11.9 Å². The zero-order valence-electron chi connectivity index (χ0n) is 7.57. The van der Waals surface area contributed by atoms with Gasteiger partial charge in [0.1, 0.15) is 0 Å². The SMILES string of the molecule is Cn1nncc1C(F)C1CCCN1. The van der Waals surface area contributed by atoms with Crippen LogP contribution in [0.2, 0.25) is 0 Å². The standard InChI is InChI=1S/C8H13FN4/c1-13-7(5-11-12-13)8(9)6-3-2-4-10-6/h5-6,8,10H,2-4H2,1H3. The molecule has 2 atom stereocenters. The summed E-state index contributed by atoms with van der Waals surface area (Å²) in [5.41, 5.74) is 0.555. The average molecular weight is 184 g/mol. The molecular weight excluding hydrogens is 171 g/mol. The largest absolute Gasteiger partial charge is 0.311 e. The Hall–Kier alpha value is -0.970. The summed E-state index contributed by atoms with van der Waals surface area (Å²) in [4.78, 5) is 0. The van der Waals surface area contributed by atoms with Gasteiger partial charge in [0, 0.05) is 13.1 Å². The lowest BCUT2D eigenvalue weighted by Crippen LogP contribution is -2.27. The lowest BCUT2D eigenvalue weighted by Gasteiger charge is -2.14. The van der Waals surface area contributed by atoms with Crippen LogP contribution in [0.4, 0.5) is 4.39 Å². The summed E-state index contributed by atoms with van der Waals surface area (Å²) in [6.07, 6.45) is 2.45. The van der Waals surface area contributed by atoms with Crippen LogP contribution in [0, 0.1) is 0 Å². The normalized spacial score (nSPS) is 24.9. The van der Waals surface area contributed by atoms with Crippen molar-refractivity contribution in [1.82, 2.24) is 20.3 Å². The molecule has 1 saturated heterocycles. The van der Waals surface area contributed by atoms with Crippen molar-refractivity contribution < 1.29 is 4.39 Å². The number of alkyl halides is 1. The molecular formula is C8H13FN4. The highest BCUT2D eigenvalue weighted by Gasteiger charge is 2.27. The van der Waals surface area contributed by atoms with Gasteiger partial charge in [-0.3, -0.25) is 0 Å². The molecule has 1 aromatic rings. The van der Waals surface area contributed by atoms with Crippen molar-refractivity contribution in [1.29, 1.82) is 0 Å². The van der Waals surface area contributed by atoms with E-state index in [9.17, 15) is 4.39 Å². The summed E-state index contributed by atoms with van der Waals surface area (Å²) in [7, 11) is 1.71. The number of nitrogens with zero attached hydrogens (tertiary/aromatic N) is 3. The molecule has 72 valence electrons. The van der Waals surface area contributed by atoms with Crippen LogP contribution in [-0.2, 0) is 7.05 Å². The fraction of sp³-hybridized carbons (Fsp3) is 0.750. The predicted molar refractivity (Wildman–Crippen MR) is 45.9 cm³/mol. The van der Waals surface area contributed by atoms with Crippen molar-refractivity contribution in [2.75, 3.05) is 6.54 Å². The molecule has 4 nitrogen and oxygen atoms in total. The van der Waals surface area contributed by atoms with Crippen LogP contribution in [0.1, 0.15) is 24.7 Å². The van der Waals surface area contributed by atoms with Crippen LogP contribution in [0.25, 0.3) is 0 Å². The summed E-state index contributed by atoms with van der Waals surface area (Å²) in [5, 5.41) is 10.5. The fourth-order valence-electron chi connectivity index (χ4n) is 1.71. The quantitative estimate of drug-likeness (QED) is 0.731. The van der Waals surface area contributed by atoms with Crippen LogP contribution in [-0.4, -0.2) is 27.6 Å². The second-order valence-electron chi connectivity index (χ2n) is 3.39. The van der Waals surface area contributed by atoms with Gasteiger partial charge in [-0.2, -0.15) is 0 Å². The van der Waals surface area contributed by atoms with Gasteiger partial charge in [-0.15, -0.1) is 5.10 Å². The first-order valence-corrected chi connectivity index (χ1v) is 4.51. The number of halogens is 1. The van der Waals surface area contributed by atoms with Crippen molar-refractivity contribution in [2.45, 2.75) is 25.1 Å². The van der Waals surface area contributed by atoms with E-state index in [1.54, 1.807) is 7.05 Å². The zero-order valence-corrected chi connectivity index (χ0v) is 7.57. The molecule has 0 aliphatic carbocycles. The molecule has 1 N–H and O–H groups in total. The van der Waals surface area contributed by atoms with Crippen molar-refractivity contribution >= 4 is 0 Å². The van der Waals surface area contributed by atoms with Crippen LogP contribution < -0.4 is 5.32 Å². The van der Waals surface area contributed by atoms with Gasteiger partial charge in [0.15, 0.2) is 6.17 Å². The first kappa shape index (κ1) is 8.62. The molecule has 0 saturated carbocycles. The van der Waals surface area contributed by atoms with E-state index in [0.717, 1.165) is 19.4 Å². The Bertz CT molecular complexity index is 279. The van der Waals surface area contributed by atoms with Crippen molar-refractivity contribution in [3.63, 3.8) is 0 Å². The molecule has 1 aliphatic heterocycles.